The van der Waals surface area contributed by atoms with Crippen molar-refractivity contribution in [2.45, 2.75) is 39.0 Å². The molecule has 1 heterocycles. The van der Waals surface area contributed by atoms with E-state index >= 15 is 0 Å². The lowest BCUT2D eigenvalue weighted by Gasteiger charge is -2.32. The molecule has 0 N–H and O–H groups in total. The first-order valence-corrected chi connectivity index (χ1v) is 5.92. The number of likely N-dealkylation sites (tertiary alicyclic amines) is 1. The van der Waals surface area contributed by atoms with Crippen molar-refractivity contribution >= 4 is 5.91 Å². The van der Waals surface area contributed by atoms with Crippen LogP contribution in [0.2, 0.25) is 0 Å². The van der Waals surface area contributed by atoms with Crippen LogP contribution in [0.5, 0.6) is 0 Å². The summed E-state index contributed by atoms with van der Waals surface area (Å²) < 4.78 is 0. The first-order chi connectivity index (χ1) is 7.22. The minimum absolute atomic E-state index is 0.0968. The zero-order valence-corrected chi connectivity index (χ0v) is 9.33. The Balaban J connectivity index is 1.91. The SMILES string of the molecule is CCC1CCN(C(=O)C2(C#N)CC2)CC1. The van der Waals surface area contributed by atoms with Crippen LogP contribution in [-0.4, -0.2) is 23.9 Å². The van der Waals surface area contributed by atoms with Crippen molar-refractivity contribution in [2.75, 3.05) is 13.1 Å². The summed E-state index contributed by atoms with van der Waals surface area (Å²) in [5.41, 5.74) is -0.612. The molecule has 0 bridgehead atoms. The molecule has 0 unspecified atom stereocenters. The van der Waals surface area contributed by atoms with Gasteiger partial charge in [0.25, 0.3) is 0 Å². The molecule has 0 aromatic heterocycles. The van der Waals surface area contributed by atoms with E-state index in [1.807, 2.05) is 4.90 Å². The predicted molar refractivity (Wildman–Crippen MR) is 56.9 cm³/mol. The molecular weight excluding hydrogens is 188 g/mol. The summed E-state index contributed by atoms with van der Waals surface area (Å²) in [6, 6.07) is 2.18. The number of nitrogens with zero attached hydrogens (tertiary/aromatic N) is 2. The van der Waals surface area contributed by atoms with E-state index in [0.29, 0.717) is 0 Å². The Hall–Kier alpha value is -1.04. The highest BCUT2D eigenvalue weighted by atomic mass is 16.2. The van der Waals surface area contributed by atoms with Gasteiger partial charge in [0.05, 0.1) is 6.07 Å². The van der Waals surface area contributed by atoms with E-state index in [4.69, 9.17) is 5.26 Å². The van der Waals surface area contributed by atoms with Gasteiger partial charge < -0.3 is 4.90 Å². The van der Waals surface area contributed by atoms with Crippen LogP contribution in [0.4, 0.5) is 0 Å². The molecule has 1 saturated heterocycles. The molecule has 82 valence electrons. The minimum atomic E-state index is -0.612. The fourth-order valence-electron chi connectivity index (χ4n) is 2.35. The fourth-order valence-corrected chi connectivity index (χ4v) is 2.35. The summed E-state index contributed by atoms with van der Waals surface area (Å²) in [7, 11) is 0. The molecule has 2 fully saturated rings. The van der Waals surface area contributed by atoms with Crippen molar-refractivity contribution in [3.63, 3.8) is 0 Å². The van der Waals surface area contributed by atoms with Crippen LogP contribution >= 0.6 is 0 Å². The molecule has 3 heteroatoms. The molecule has 2 rings (SSSR count). The number of nitriles is 1. The Morgan fingerprint density at radius 2 is 2.07 bits per heavy atom. The highest BCUT2D eigenvalue weighted by molar-refractivity contribution is 5.88. The number of hydrogen-bond donors (Lipinski definition) is 0. The average Bonchev–Trinajstić information content (AvgIpc) is 3.09. The third-order valence-corrected chi connectivity index (χ3v) is 3.85. The maximum Gasteiger partial charge on any atom is 0.243 e. The van der Waals surface area contributed by atoms with Crippen LogP contribution in [0.3, 0.4) is 0 Å². The monoisotopic (exact) mass is 206 g/mol. The molecule has 1 amide bonds. The average molecular weight is 206 g/mol. The largest absolute Gasteiger partial charge is 0.341 e. The maximum absolute atomic E-state index is 12.0. The number of carbonyl (C=O) groups is 1. The number of rotatable bonds is 2. The van der Waals surface area contributed by atoms with Gasteiger partial charge in [0, 0.05) is 13.1 Å². The van der Waals surface area contributed by atoms with Gasteiger partial charge in [0.15, 0.2) is 0 Å². The van der Waals surface area contributed by atoms with Gasteiger partial charge in [-0.1, -0.05) is 13.3 Å². The van der Waals surface area contributed by atoms with E-state index in [0.717, 1.165) is 44.7 Å². The van der Waals surface area contributed by atoms with Gasteiger partial charge in [-0.15, -0.1) is 0 Å². The Labute approximate surface area is 91.1 Å². The molecule has 1 aliphatic carbocycles. The molecule has 0 spiro atoms. The zero-order valence-electron chi connectivity index (χ0n) is 9.33. The summed E-state index contributed by atoms with van der Waals surface area (Å²) in [4.78, 5) is 13.9. The van der Waals surface area contributed by atoms with Gasteiger partial charge >= 0.3 is 0 Å². The third-order valence-electron chi connectivity index (χ3n) is 3.85. The summed E-state index contributed by atoms with van der Waals surface area (Å²) >= 11 is 0. The van der Waals surface area contributed by atoms with Gasteiger partial charge in [0.2, 0.25) is 5.91 Å². The van der Waals surface area contributed by atoms with Crippen molar-refractivity contribution in [2.24, 2.45) is 11.3 Å². The molecule has 3 nitrogen and oxygen atoms in total. The smallest absolute Gasteiger partial charge is 0.243 e. The Morgan fingerprint density at radius 1 is 1.47 bits per heavy atom. The quantitative estimate of drug-likeness (QED) is 0.693. The van der Waals surface area contributed by atoms with Crippen molar-refractivity contribution in [3.05, 3.63) is 0 Å². The van der Waals surface area contributed by atoms with E-state index in [-0.39, 0.29) is 5.91 Å². The Kier molecular flexibility index (Phi) is 2.68. The van der Waals surface area contributed by atoms with Crippen LogP contribution in [-0.2, 0) is 4.79 Å². The zero-order chi connectivity index (χ0) is 10.9. The van der Waals surface area contributed by atoms with E-state index in [1.165, 1.54) is 6.42 Å². The summed E-state index contributed by atoms with van der Waals surface area (Å²) in [5, 5.41) is 8.96. The van der Waals surface area contributed by atoms with Gasteiger partial charge in [0.1, 0.15) is 5.41 Å². The molecule has 0 atom stereocenters. The number of piperidine rings is 1. The highest BCUT2D eigenvalue weighted by Crippen LogP contribution is 2.46. The first-order valence-electron chi connectivity index (χ1n) is 5.92. The van der Waals surface area contributed by atoms with Gasteiger partial charge in [-0.2, -0.15) is 5.26 Å². The summed E-state index contributed by atoms with van der Waals surface area (Å²) in [5.74, 6) is 0.880. The lowest BCUT2D eigenvalue weighted by atomic mass is 9.93. The van der Waals surface area contributed by atoms with Crippen molar-refractivity contribution in [3.8, 4) is 6.07 Å². The minimum Gasteiger partial charge on any atom is -0.341 e. The summed E-state index contributed by atoms with van der Waals surface area (Å²) in [6.07, 6.45) is 4.99. The second-order valence-corrected chi connectivity index (χ2v) is 4.84. The Bertz CT molecular complexity index is 293. The molecular formula is C12H18N2O. The van der Waals surface area contributed by atoms with E-state index < -0.39 is 5.41 Å². The molecule has 0 aromatic carbocycles. The van der Waals surface area contributed by atoms with Gasteiger partial charge in [-0.25, -0.2) is 0 Å². The third kappa shape index (κ3) is 1.86. The van der Waals surface area contributed by atoms with Crippen LogP contribution < -0.4 is 0 Å². The second kappa shape index (κ2) is 3.84. The second-order valence-electron chi connectivity index (χ2n) is 4.84. The molecule has 15 heavy (non-hydrogen) atoms. The van der Waals surface area contributed by atoms with Crippen molar-refractivity contribution in [1.82, 2.24) is 4.90 Å². The van der Waals surface area contributed by atoms with Crippen LogP contribution in [0, 0.1) is 22.7 Å². The lowest BCUT2D eigenvalue weighted by molar-refractivity contribution is -0.136. The van der Waals surface area contributed by atoms with Crippen LogP contribution in [0.1, 0.15) is 39.0 Å². The topological polar surface area (TPSA) is 44.1 Å². The normalized spacial score (nSPS) is 24.7. The molecule has 1 saturated carbocycles. The van der Waals surface area contributed by atoms with Crippen molar-refractivity contribution < 1.29 is 4.79 Å². The van der Waals surface area contributed by atoms with E-state index in [2.05, 4.69) is 13.0 Å². The van der Waals surface area contributed by atoms with E-state index in [1.54, 1.807) is 0 Å². The lowest BCUT2D eigenvalue weighted by Crippen LogP contribution is -2.42. The van der Waals surface area contributed by atoms with Gasteiger partial charge in [-0.05, 0) is 31.6 Å². The van der Waals surface area contributed by atoms with Crippen molar-refractivity contribution in [1.29, 1.82) is 5.26 Å². The molecule has 2 aliphatic rings. The Morgan fingerprint density at radius 3 is 2.47 bits per heavy atom. The number of amides is 1. The van der Waals surface area contributed by atoms with Gasteiger partial charge in [-0.3, -0.25) is 4.79 Å². The standard InChI is InChI=1S/C12H18N2O/c1-2-10-3-7-14(8-4-10)11(15)12(9-13)5-6-12/h10H,2-8H2,1H3. The molecule has 0 aromatic rings. The highest BCUT2D eigenvalue weighted by Gasteiger charge is 2.52. The number of carbonyl (C=O) groups excluding carboxylic acids is 1. The fraction of sp³-hybridized carbons (Fsp3) is 0.833. The van der Waals surface area contributed by atoms with E-state index in [9.17, 15) is 4.79 Å². The van der Waals surface area contributed by atoms with Crippen LogP contribution in [0.15, 0.2) is 0 Å². The maximum atomic E-state index is 12.0. The molecule has 0 radical (unpaired) electrons. The first kappa shape index (κ1) is 10.5. The number of hydrogen-bond acceptors (Lipinski definition) is 2. The molecule has 1 aliphatic heterocycles. The van der Waals surface area contributed by atoms with Crippen LogP contribution in [0.25, 0.3) is 0 Å². The predicted octanol–water partition coefficient (Wildman–Crippen LogP) is 1.94. The summed E-state index contributed by atoms with van der Waals surface area (Å²) in [6.45, 7) is 3.93.